The molecular weight excluding hydrogens is 307 g/mol. The SMILES string of the molecule is CCCCCCCCCCc1ccc([N+]#N)cc1.F[B-](F)(F)F. The van der Waals surface area contributed by atoms with Crippen molar-refractivity contribution < 1.29 is 17.3 Å². The molecule has 0 spiro atoms. The van der Waals surface area contributed by atoms with Crippen LogP contribution in [0, 0.1) is 5.39 Å². The van der Waals surface area contributed by atoms with Crippen LogP contribution in [0.25, 0.3) is 4.98 Å². The van der Waals surface area contributed by atoms with Crippen LogP contribution < -0.4 is 0 Å². The number of diazo groups is 1. The minimum Gasteiger partial charge on any atom is -0.418 e. The zero-order chi connectivity index (χ0) is 17.6. The Morgan fingerprint density at radius 3 is 1.70 bits per heavy atom. The van der Waals surface area contributed by atoms with Crippen LogP contribution in [0.15, 0.2) is 24.3 Å². The van der Waals surface area contributed by atoms with Crippen LogP contribution in [0.4, 0.5) is 23.0 Å². The molecule has 1 aromatic carbocycles. The van der Waals surface area contributed by atoms with Gasteiger partial charge in [-0.1, -0.05) is 64.0 Å². The molecule has 7 heteroatoms. The van der Waals surface area contributed by atoms with Crippen molar-refractivity contribution in [3.05, 3.63) is 34.8 Å². The maximum absolute atomic E-state index is 9.75. The molecule has 0 radical (unpaired) electrons. The maximum Gasteiger partial charge on any atom is 0.673 e. The number of rotatable bonds is 9. The van der Waals surface area contributed by atoms with Crippen molar-refractivity contribution in [1.82, 2.24) is 0 Å². The van der Waals surface area contributed by atoms with E-state index in [2.05, 4.69) is 24.0 Å². The maximum atomic E-state index is 9.75. The monoisotopic (exact) mass is 332 g/mol. The summed E-state index contributed by atoms with van der Waals surface area (Å²) in [6.07, 6.45) is 12.0. The van der Waals surface area contributed by atoms with E-state index in [0.717, 1.165) is 6.42 Å². The fourth-order valence-corrected chi connectivity index (χ4v) is 2.19. The molecule has 1 aromatic rings. The van der Waals surface area contributed by atoms with E-state index in [4.69, 9.17) is 5.39 Å². The highest BCUT2D eigenvalue weighted by Crippen LogP contribution is 2.15. The van der Waals surface area contributed by atoms with Crippen LogP contribution in [0.3, 0.4) is 0 Å². The van der Waals surface area contributed by atoms with Crippen LogP contribution in [0.5, 0.6) is 0 Å². The number of hydrogen-bond acceptors (Lipinski definition) is 1. The predicted octanol–water partition coefficient (Wildman–Crippen LogP) is 7.15. The molecule has 0 N–H and O–H groups in total. The molecule has 0 unspecified atom stereocenters. The van der Waals surface area contributed by atoms with Gasteiger partial charge in [0.25, 0.3) is 0 Å². The lowest BCUT2D eigenvalue weighted by molar-refractivity contribution is 0.368. The van der Waals surface area contributed by atoms with Crippen molar-refractivity contribution in [2.24, 2.45) is 0 Å². The van der Waals surface area contributed by atoms with Crippen LogP contribution >= 0.6 is 0 Å². The number of halogens is 4. The van der Waals surface area contributed by atoms with Gasteiger partial charge in [-0.2, -0.15) is 0 Å². The summed E-state index contributed by atoms with van der Waals surface area (Å²) in [7, 11) is -6.00. The van der Waals surface area contributed by atoms with Crippen LogP contribution in [-0.4, -0.2) is 7.25 Å². The summed E-state index contributed by atoms with van der Waals surface area (Å²) in [5.74, 6) is 0. The first-order valence-corrected chi connectivity index (χ1v) is 8.18. The van der Waals surface area contributed by atoms with E-state index in [1.165, 1.54) is 56.9 Å². The molecule has 0 saturated carbocycles. The van der Waals surface area contributed by atoms with Gasteiger partial charge in [-0.05, 0) is 18.4 Å². The molecule has 0 saturated heterocycles. The fraction of sp³-hybridized carbons (Fsp3) is 0.625. The average Bonchev–Trinajstić information content (AvgIpc) is 2.49. The fourth-order valence-electron chi connectivity index (χ4n) is 2.19. The highest BCUT2D eigenvalue weighted by atomic mass is 19.5. The Bertz CT molecular complexity index is 435. The van der Waals surface area contributed by atoms with E-state index in [9.17, 15) is 17.3 Å². The molecule has 0 aromatic heterocycles. The zero-order valence-electron chi connectivity index (χ0n) is 13.7. The van der Waals surface area contributed by atoms with Gasteiger partial charge >= 0.3 is 12.9 Å². The lowest BCUT2D eigenvalue weighted by Gasteiger charge is -2.02. The first-order chi connectivity index (χ1) is 10.9. The van der Waals surface area contributed by atoms with Crippen molar-refractivity contribution in [2.45, 2.75) is 64.7 Å². The summed E-state index contributed by atoms with van der Waals surface area (Å²) < 4.78 is 39.0. The number of unbranched alkanes of at least 4 members (excludes halogenated alkanes) is 7. The molecule has 0 fully saturated rings. The van der Waals surface area contributed by atoms with E-state index in [0.29, 0.717) is 5.69 Å². The number of aryl methyl sites for hydroxylation is 1. The van der Waals surface area contributed by atoms with E-state index in [1.54, 1.807) is 0 Å². The standard InChI is InChI=1S/C16H25N2.BF4/c1-2-3-4-5-6-7-8-9-10-15-11-13-16(18-17)14-12-15;2-1(3,4)5/h11-14H,2-10H2,1H3;/q+1;-1. The first kappa shape index (κ1) is 21.4. The van der Waals surface area contributed by atoms with Crippen molar-refractivity contribution in [3.63, 3.8) is 0 Å². The average molecular weight is 332 g/mol. The second-order valence-corrected chi connectivity index (χ2v) is 5.49. The summed E-state index contributed by atoms with van der Waals surface area (Å²) in [6, 6.07) is 7.83. The summed E-state index contributed by atoms with van der Waals surface area (Å²) in [5, 5.41) is 8.59. The Balaban J connectivity index is 0.000000841. The number of benzene rings is 1. The van der Waals surface area contributed by atoms with Gasteiger partial charge in [0.1, 0.15) is 0 Å². The molecule has 130 valence electrons. The molecule has 0 atom stereocenters. The van der Waals surface area contributed by atoms with Gasteiger partial charge in [-0.25, -0.2) is 0 Å². The van der Waals surface area contributed by atoms with Gasteiger partial charge < -0.3 is 17.3 Å². The Labute approximate surface area is 136 Å². The van der Waals surface area contributed by atoms with Gasteiger partial charge in [0.2, 0.25) is 5.39 Å². The Morgan fingerprint density at radius 1 is 0.826 bits per heavy atom. The molecular formula is C16H25BF4N2. The van der Waals surface area contributed by atoms with Gasteiger partial charge in [0.15, 0.2) is 4.98 Å². The van der Waals surface area contributed by atoms with E-state index in [1.807, 2.05) is 12.1 Å². The van der Waals surface area contributed by atoms with Crippen LogP contribution in [-0.2, 0) is 6.42 Å². The van der Waals surface area contributed by atoms with Gasteiger partial charge in [0.05, 0.1) is 0 Å². The lowest BCUT2D eigenvalue weighted by atomic mass is 10.0. The molecule has 23 heavy (non-hydrogen) atoms. The molecule has 0 aliphatic heterocycles. The van der Waals surface area contributed by atoms with Gasteiger partial charge in [-0.3, -0.25) is 0 Å². The third-order valence-electron chi connectivity index (χ3n) is 3.37. The zero-order valence-corrected chi connectivity index (χ0v) is 13.7. The smallest absolute Gasteiger partial charge is 0.418 e. The Kier molecular flexibility index (Phi) is 12.0. The van der Waals surface area contributed by atoms with E-state index < -0.39 is 7.25 Å². The quantitative estimate of drug-likeness (QED) is 0.204. The predicted molar refractivity (Wildman–Crippen MR) is 87.7 cm³/mol. The van der Waals surface area contributed by atoms with E-state index >= 15 is 0 Å². The minimum absolute atomic E-state index is 0.634. The van der Waals surface area contributed by atoms with Crippen molar-refractivity contribution >= 4 is 12.9 Å². The molecule has 0 bridgehead atoms. The van der Waals surface area contributed by atoms with Gasteiger partial charge in [0, 0.05) is 12.1 Å². The van der Waals surface area contributed by atoms with Crippen LogP contribution in [0.2, 0.25) is 0 Å². The summed E-state index contributed by atoms with van der Waals surface area (Å²) in [5.41, 5.74) is 1.98. The second kappa shape index (κ2) is 12.9. The lowest BCUT2D eigenvalue weighted by Crippen LogP contribution is -2.02. The largest absolute Gasteiger partial charge is 0.673 e. The molecule has 0 aliphatic rings. The Hall–Kier alpha value is -1.58. The van der Waals surface area contributed by atoms with Crippen molar-refractivity contribution in [3.8, 4) is 0 Å². The minimum atomic E-state index is -6.00. The van der Waals surface area contributed by atoms with Crippen molar-refractivity contribution in [2.75, 3.05) is 0 Å². The normalized spacial score (nSPS) is 10.6. The molecule has 0 aliphatic carbocycles. The summed E-state index contributed by atoms with van der Waals surface area (Å²) >= 11 is 0. The van der Waals surface area contributed by atoms with Gasteiger partial charge in [-0.15, -0.1) is 0 Å². The molecule has 0 amide bonds. The second-order valence-electron chi connectivity index (χ2n) is 5.49. The first-order valence-electron chi connectivity index (χ1n) is 8.18. The third-order valence-corrected chi connectivity index (χ3v) is 3.37. The molecule has 1 rings (SSSR count). The molecule has 2 nitrogen and oxygen atoms in total. The number of hydrogen-bond donors (Lipinski definition) is 0. The number of nitrogens with zero attached hydrogens (tertiary/aromatic N) is 2. The third kappa shape index (κ3) is 16.6. The molecule has 0 heterocycles. The summed E-state index contributed by atoms with van der Waals surface area (Å²) in [6.45, 7) is 2.26. The Morgan fingerprint density at radius 2 is 1.26 bits per heavy atom. The van der Waals surface area contributed by atoms with Crippen LogP contribution in [0.1, 0.15) is 63.9 Å². The highest BCUT2D eigenvalue weighted by Gasteiger charge is 2.20. The van der Waals surface area contributed by atoms with E-state index in [-0.39, 0.29) is 0 Å². The topological polar surface area (TPSA) is 28.1 Å². The highest BCUT2D eigenvalue weighted by molar-refractivity contribution is 6.50. The summed E-state index contributed by atoms with van der Waals surface area (Å²) in [4.78, 5) is 3.16. The van der Waals surface area contributed by atoms with Crippen molar-refractivity contribution in [1.29, 1.82) is 5.39 Å².